The minimum absolute atomic E-state index is 0.157. The predicted molar refractivity (Wildman–Crippen MR) is 93.3 cm³/mol. The average molecular weight is 324 g/mol. The van der Waals surface area contributed by atoms with Crippen LogP contribution in [0.4, 0.5) is 0 Å². The van der Waals surface area contributed by atoms with Crippen LogP contribution in [0.2, 0.25) is 0 Å². The highest BCUT2D eigenvalue weighted by atomic mass is 16.3. The summed E-state index contributed by atoms with van der Waals surface area (Å²) in [6.07, 6.45) is 3.43. The van der Waals surface area contributed by atoms with Crippen LogP contribution in [0, 0.1) is 0 Å². The number of benzene rings is 2. The van der Waals surface area contributed by atoms with Crippen molar-refractivity contribution in [3.63, 3.8) is 0 Å². The maximum Gasteiger partial charge on any atom is 0.244 e. The Morgan fingerprint density at radius 3 is 2.38 bits per heavy atom. The molecular weight excluding hydrogens is 304 g/mol. The second-order valence-electron chi connectivity index (χ2n) is 5.29. The molecule has 0 fully saturated rings. The van der Waals surface area contributed by atoms with E-state index in [1.807, 2.05) is 30.3 Å². The summed E-state index contributed by atoms with van der Waals surface area (Å²) in [6, 6.07) is 15.3. The molecule has 5 nitrogen and oxygen atoms in total. The van der Waals surface area contributed by atoms with Crippen molar-refractivity contribution in [2.45, 2.75) is 12.5 Å². The lowest BCUT2D eigenvalue weighted by Crippen LogP contribution is -2.46. The van der Waals surface area contributed by atoms with Crippen molar-refractivity contribution in [3.05, 3.63) is 71.8 Å². The van der Waals surface area contributed by atoms with Crippen molar-refractivity contribution >= 4 is 17.9 Å². The van der Waals surface area contributed by atoms with E-state index in [2.05, 4.69) is 10.6 Å². The van der Waals surface area contributed by atoms with Gasteiger partial charge in [0.25, 0.3) is 0 Å². The van der Waals surface area contributed by atoms with Crippen LogP contribution in [0.1, 0.15) is 11.1 Å². The lowest BCUT2D eigenvalue weighted by molar-refractivity contribution is -0.126. The van der Waals surface area contributed by atoms with Gasteiger partial charge in [-0.1, -0.05) is 42.5 Å². The third kappa shape index (κ3) is 5.28. The highest BCUT2D eigenvalue weighted by Gasteiger charge is 2.19. The second-order valence-corrected chi connectivity index (χ2v) is 5.29. The van der Waals surface area contributed by atoms with Gasteiger partial charge in [-0.05, 0) is 29.3 Å². The summed E-state index contributed by atoms with van der Waals surface area (Å²) in [5.74, 6) is -0.458. The van der Waals surface area contributed by atoms with Gasteiger partial charge >= 0.3 is 0 Å². The van der Waals surface area contributed by atoms with E-state index >= 15 is 0 Å². The molecule has 2 rings (SSSR count). The van der Waals surface area contributed by atoms with Crippen LogP contribution in [-0.4, -0.2) is 30.0 Å². The number of amides is 2. The topological polar surface area (TPSA) is 78.4 Å². The van der Waals surface area contributed by atoms with Crippen LogP contribution in [0.25, 0.3) is 6.08 Å². The Kier molecular flexibility index (Phi) is 6.14. The highest BCUT2D eigenvalue weighted by Crippen LogP contribution is 2.11. The first-order chi connectivity index (χ1) is 11.6. The second kappa shape index (κ2) is 8.53. The number of hydrogen-bond donors (Lipinski definition) is 3. The van der Waals surface area contributed by atoms with Gasteiger partial charge in [0.1, 0.15) is 11.8 Å². The monoisotopic (exact) mass is 324 g/mol. The molecule has 0 radical (unpaired) electrons. The summed E-state index contributed by atoms with van der Waals surface area (Å²) < 4.78 is 0. The van der Waals surface area contributed by atoms with Crippen molar-refractivity contribution in [3.8, 4) is 5.75 Å². The number of aromatic hydroxyl groups is 1. The van der Waals surface area contributed by atoms with Crippen molar-refractivity contribution in [2.24, 2.45) is 0 Å². The van der Waals surface area contributed by atoms with Crippen molar-refractivity contribution in [1.29, 1.82) is 0 Å². The first-order valence-corrected chi connectivity index (χ1v) is 7.61. The van der Waals surface area contributed by atoms with Gasteiger partial charge in [0.2, 0.25) is 11.8 Å². The molecule has 0 spiro atoms. The first kappa shape index (κ1) is 17.3. The van der Waals surface area contributed by atoms with Gasteiger partial charge in [-0.25, -0.2) is 0 Å². The molecule has 5 heteroatoms. The van der Waals surface area contributed by atoms with Crippen LogP contribution >= 0.6 is 0 Å². The first-order valence-electron chi connectivity index (χ1n) is 7.61. The van der Waals surface area contributed by atoms with Crippen molar-refractivity contribution in [2.75, 3.05) is 7.05 Å². The number of carbonyl (C=O) groups excluding carboxylic acids is 2. The normalized spacial score (nSPS) is 11.9. The minimum atomic E-state index is -0.688. The van der Waals surface area contributed by atoms with Crippen LogP contribution in [0.15, 0.2) is 60.7 Å². The van der Waals surface area contributed by atoms with Crippen LogP contribution < -0.4 is 10.6 Å². The zero-order chi connectivity index (χ0) is 17.4. The molecule has 24 heavy (non-hydrogen) atoms. The quantitative estimate of drug-likeness (QED) is 0.710. The largest absolute Gasteiger partial charge is 0.508 e. The molecule has 3 N–H and O–H groups in total. The molecule has 0 saturated carbocycles. The summed E-state index contributed by atoms with van der Waals surface area (Å²) >= 11 is 0. The number of phenols is 1. The zero-order valence-electron chi connectivity index (χ0n) is 13.4. The van der Waals surface area contributed by atoms with Gasteiger partial charge in [0.15, 0.2) is 0 Å². The molecule has 124 valence electrons. The highest BCUT2D eigenvalue weighted by molar-refractivity contribution is 5.95. The number of likely N-dealkylation sites (N-methyl/N-ethyl adjacent to an activating group) is 1. The van der Waals surface area contributed by atoms with Crippen LogP contribution in [-0.2, 0) is 16.0 Å². The van der Waals surface area contributed by atoms with E-state index in [0.29, 0.717) is 6.42 Å². The zero-order valence-corrected chi connectivity index (χ0v) is 13.4. The number of phenolic OH excluding ortho intramolecular Hbond substituents is 1. The van der Waals surface area contributed by atoms with Gasteiger partial charge in [-0.2, -0.15) is 0 Å². The molecule has 0 bridgehead atoms. The van der Waals surface area contributed by atoms with Gasteiger partial charge in [-0.15, -0.1) is 0 Å². The maximum absolute atomic E-state index is 12.1. The molecule has 0 saturated heterocycles. The summed E-state index contributed by atoms with van der Waals surface area (Å²) in [5.41, 5.74) is 1.75. The van der Waals surface area contributed by atoms with Gasteiger partial charge in [0, 0.05) is 19.5 Å². The van der Waals surface area contributed by atoms with Crippen LogP contribution in [0.3, 0.4) is 0 Å². The molecule has 0 aliphatic heterocycles. The van der Waals surface area contributed by atoms with Gasteiger partial charge in [-0.3, -0.25) is 9.59 Å². The molecule has 0 aliphatic rings. The summed E-state index contributed by atoms with van der Waals surface area (Å²) in [4.78, 5) is 24.1. The molecule has 0 aliphatic carbocycles. The van der Waals surface area contributed by atoms with E-state index in [1.165, 1.54) is 13.1 Å². The summed E-state index contributed by atoms with van der Waals surface area (Å²) in [7, 11) is 1.53. The fourth-order valence-corrected chi connectivity index (χ4v) is 2.21. The summed E-state index contributed by atoms with van der Waals surface area (Å²) in [6.45, 7) is 0. The molecular formula is C19H20N2O3. The van der Waals surface area contributed by atoms with E-state index in [9.17, 15) is 14.7 Å². The molecule has 2 amide bonds. The lowest BCUT2D eigenvalue weighted by atomic mass is 10.0. The molecule has 1 unspecified atom stereocenters. The number of rotatable bonds is 6. The number of hydrogen-bond acceptors (Lipinski definition) is 3. The average Bonchev–Trinajstić information content (AvgIpc) is 2.61. The minimum Gasteiger partial charge on any atom is -0.508 e. The van der Waals surface area contributed by atoms with Gasteiger partial charge in [0.05, 0.1) is 0 Å². The number of carbonyl (C=O) groups is 2. The molecule has 2 aromatic carbocycles. The van der Waals surface area contributed by atoms with E-state index in [-0.39, 0.29) is 17.6 Å². The maximum atomic E-state index is 12.1. The summed E-state index contributed by atoms with van der Waals surface area (Å²) in [5, 5.41) is 14.6. The van der Waals surface area contributed by atoms with Crippen molar-refractivity contribution in [1.82, 2.24) is 10.6 Å². The molecule has 2 aromatic rings. The Morgan fingerprint density at radius 2 is 1.75 bits per heavy atom. The third-order valence-corrected chi connectivity index (χ3v) is 3.48. The van der Waals surface area contributed by atoms with Crippen LogP contribution in [0.5, 0.6) is 5.75 Å². The Hall–Kier alpha value is -3.08. The third-order valence-electron chi connectivity index (χ3n) is 3.48. The van der Waals surface area contributed by atoms with E-state index in [4.69, 9.17) is 0 Å². The fraction of sp³-hybridized carbons (Fsp3) is 0.158. The SMILES string of the molecule is CNC(=O)C(Cc1ccc(O)cc1)NC(=O)/C=C/c1ccccc1. The standard InChI is InChI=1S/C19H20N2O3/c1-20-19(24)17(13-15-7-10-16(22)11-8-15)21-18(23)12-9-14-5-3-2-4-6-14/h2-12,17,22H,13H2,1H3,(H,20,24)(H,21,23)/b12-9+. The predicted octanol–water partition coefficient (Wildman–Crippen LogP) is 1.88. The smallest absolute Gasteiger partial charge is 0.244 e. The molecule has 0 heterocycles. The van der Waals surface area contributed by atoms with Gasteiger partial charge < -0.3 is 15.7 Å². The van der Waals surface area contributed by atoms with E-state index in [1.54, 1.807) is 30.3 Å². The van der Waals surface area contributed by atoms with E-state index < -0.39 is 6.04 Å². The number of nitrogens with one attached hydrogen (secondary N) is 2. The van der Waals surface area contributed by atoms with E-state index in [0.717, 1.165) is 11.1 Å². The Labute approximate surface area is 141 Å². The lowest BCUT2D eigenvalue weighted by Gasteiger charge is -2.16. The fourth-order valence-electron chi connectivity index (χ4n) is 2.21. The molecule has 1 atom stereocenters. The Bertz CT molecular complexity index is 709. The Morgan fingerprint density at radius 1 is 1.08 bits per heavy atom. The Balaban J connectivity index is 2.02. The van der Waals surface area contributed by atoms with Crippen molar-refractivity contribution < 1.29 is 14.7 Å². The molecule has 0 aromatic heterocycles.